The second-order valence-electron chi connectivity index (χ2n) is 4.27. The van der Waals surface area contributed by atoms with Crippen LogP contribution in [0.25, 0.3) is 0 Å². The largest absolute Gasteiger partial charge is 0.338 e. The van der Waals surface area contributed by atoms with Crippen molar-refractivity contribution in [2.24, 2.45) is 5.92 Å². The molecule has 0 atom stereocenters. The lowest BCUT2D eigenvalue weighted by Gasteiger charge is -2.37. The molecule has 1 heterocycles. The fourth-order valence-corrected chi connectivity index (χ4v) is 2.55. The van der Waals surface area contributed by atoms with Crippen LogP contribution in [0.5, 0.6) is 0 Å². The predicted molar refractivity (Wildman–Crippen MR) is 69.0 cm³/mol. The van der Waals surface area contributed by atoms with E-state index in [2.05, 4.69) is 35.6 Å². The predicted octanol–water partition coefficient (Wildman–Crippen LogP) is 2.69. The maximum absolute atomic E-state index is 12.0. The number of carbonyl (C=O) groups excluding carboxylic acids is 1. The minimum Gasteiger partial charge on any atom is -0.338 e. The van der Waals surface area contributed by atoms with Gasteiger partial charge in [-0.1, -0.05) is 6.92 Å². The molecule has 0 unspecified atom stereocenters. The molecule has 0 N–H and O–H groups in total. The van der Waals surface area contributed by atoms with Crippen molar-refractivity contribution < 1.29 is 4.79 Å². The fourth-order valence-electron chi connectivity index (χ4n) is 1.90. The van der Waals surface area contributed by atoms with Crippen molar-refractivity contribution >= 4 is 28.5 Å². The molecule has 0 aromatic heterocycles. The van der Waals surface area contributed by atoms with Gasteiger partial charge in [-0.2, -0.15) is 0 Å². The van der Waals surface area contributed by atoms with Crippen LogP contribution in [-0.4, -0.2) is 23.9 Å². The Morgan fingerprint density at radius 2 is 2.13 bits per heavy atom. The number of hydrogen-bond donors (Lipinski definition) is 0. The molecule has 0 spiro atoms. The minimum absolute atomic E-state index is 0.182. The van der Waals surface area contributed by atoms with Crippen molar-refractivity contribution in [1.29, 1.82) is 0 Å². The summed E-state index contributed by atoms with van der Waals surface area (Å²) in [6, 6.07) is 5.98. The second-order valence-corrected chi connectivity index (χ2v) is 5.52. The molecule has 80 valence electrons. The van der Waals surface area contributed by atoms with Crippen LogP contribution in [-0.2, 0) is 0 Å². The molecule has 1 aromatic rings. The average molecular weight is 315 g/mol. The Bertz CT molecular complexity index is 397. The lowest BCUT2D eigenvalue weighted by atomic mass is 10.00. The van der Waals surface area contributed by atoms with E-state index in [1.165, 1.54) is 3.57 Å². The molecule has 1 aromatic carbocycles. The Kier molecular flexibility index (Phi) is 3.00. The minimum atomic E-state index is 0.182. The topological polar surface area (TPSA) is 20.3 Å². The zero-order valence-electron chi connectivity index (χ0n) is 8.96. The van der Waals surface area contributed by atoms with Gasteiger partial charge in [0.15, 0.2) is 0 Å². The van der Waals surface area contributed by atoms with Crippen LogP contribution in [0.3, 0.4) is 0 Å². The highest BCUT2D eigenvalue weighted by atomic mass is 127. The second kappa shape index (κ2) is 4.12. The monoisotopic (exact) mass is 315 g/mol. The van der Waals surface area contributed by atoms with Crippen molar-refractivity contribution in [3.8, 4) is 0 Å². The van der Waals surface area contributed by atoms with Gasteiger partial charge in [-0.15, -0.1) is 0 Å². The molecule has 0 radical (unpaired) electrons. The maximum Gasteiger partial charge on any atom is 0.254 e. The van der Waals surface area contributed by atoms with Gasteiger partial charge >= 0.3 is 0 Å². The number of aryl methyl sites for hydroxylation is 1. The van der Waals surface area contributed by atoms with E-state index in [0.717, 1.165) is 24.2 Å². The van der Waals surface area contributed by atoms with Crippen molar-refractivity contribution in [3.63, 3.8) is 0 Å². The first-order chi connectivity index (χ1) is 7.08. The molecule has 1 amide bonds. The summed E-state index contributed by atoms with van der Waals surface area (Å²) >= 11 is 2.26. The molecular weight excluding hydrogens is 301 g/mol. The third-order valence-corrected chi connectivity index (χ3v) is 3.44. The zero-order valence-corrected chi connectivity index (χ0v) is 11.1. The van der Waals surface area contributed by atoms with Crippen molar-refractivity contribution in [1.82, 2.24) is 4.90 Å². The van der Waals surface area contributed by atoms with Gasteiger partial charge in [0.2, 0.25) is 0 Å². The highest BCUT2D eigenvalue weighted by Gasteiger charge is 2.28. The van der Waals surface area contributed by atoms with Gasteiger partial charge in [0.1, 0.15) is 0 Å². The van der Waals surface area contributed by atoms with Crippen LogP contribution in [0.15, 0.2) is 18.2 Å². The summed E-state index contributed by atoms with van der Waals surface area (Å²) in [7, 11) is 0. The van der Waals surface area contributed by atoms with Gasteiger partial charge in [-0.25, -0.2) is 0 Å². The summed E-state index contributed by atoms with van der Waals surface area (Å²) in [6.07, 6.45) is 0. The van der Waals surface area contributed by atoms with E-state index in [1.807, 2.05) is 24.0 Å². The molecule has 0 saturated carbocycles. The molecule has 2 rings (SSSR count). The molecule has 1 fully saturated rings. The summed E-state index contributed by atoms with van der Waals surface area (Å²) in [4.78, 5) is 13.9. The Labute approximate surface area is 104 Å². The van der Waals surface area contributed by atoms with Crippen molar-refractivity contribution in [2.75, 3.05) is 13.1 Å². The molecule has 15 heavy (non-hydrogen) atoms. The van der Waals surface area contributed by atoms with Crippen LogP contribution in [0, 0.1) is 16.4 Å². The van der Waals surface area contributed by atoms with E-state index in [0.29, 0.717) is 5.92 Å². The Hall–Kier alpha value is -0.580. The Morgan fingerprint density at radius 1 is 1.47 bits per heavy atom. The third kappa shape index (κ3) is 2.17. The van der Waals surface area contributed by atoms with Gasteiger partial charge in [-0.3, -0.25) is 4.79 Å². The molecule has 0 aliphatic carbocycles. The number of halogens is 1. The van der Waals surface area contributed by atoms with Gasteiger partial charge < -0.3 is 4.90 Å². The van der Waals surface area contributed by atoms with Crippen LogP contribution < -0.4 is 0 Å². The molecule has 1 saturated heterocycles. The number of nitrogens with zero attached hydrogens (tertiary/aromatic N) is 1. The number of benzene rings is 1. The lowest BCUT2D eigenvalue weighted by molar-refractivity contribution is 0.0529. The van der Waals surface area contributed by atoms with E-state index in [9.17, 15) is 4.79 Å². The summed E-state index contributed by atoms with van der Waals surface area (Å²) < 4.78 is 1.18. The third-order valence-electron chi connectivity index (χ3n) is 2.77. The summed E-state index contributed by atoms with van der Waals surface area (Å²) in [5, 5.41) is 0. The summed E-state index contributed by atoms with van der Waals surface area (Å²) in [6.45, 7) is 5.98. The van der Waals surface area contributed by atoms with Crippen LogP contribution in [0.4, 0.5) is 0 Å². The highest BCUT2D eigenvalue weighted by Crippen LogP contribution is 2.20. The molecule has 1 aliphatic rings. The number of rotatable bonds is 1. The van der Waals surface area contributed by atoms with Gasteiger partial charge in [-0.05, 0) is 59.2 Å². The van der Waals surface area contributed by atoms with Gasteiger partial charge in [0.25, 0.3) is 5.91 Å². The summed E-state index contributed by atoms with van der Waals surface area (Å²) in [5.41, 5.74) is 1.92. The highest BCUT2D eigenvalue weighted by molar-refractivity contribution is 14.1. The van der Waals surface area contributed by atoms with E-state index in [1.54, 1.807) is 0 Å². The zero-order chi connectivity index (χ0) is 11.0. The lowest BCUT2D eigenvalue weighted by Crippen LogP contribution is -2.48. The SMILES string of the molecule is Cc1cc(I)ccc1C(=O)N1CC(C)C1. The van der Waals surface area contributed by atoms with Gasteiger partial charge in [0.05, 0.1) is 0 Å². The van der Waals surface area contributed by atoms with Crippen LogP contribution in [0.2, 0.25) is 0 Å². The number of carbonyl (C=O) groups is 1. The van der Waals surface area contributed by atoms with E-state index < -0.39 is 0 Å². The van der Waals surface area contributed by atoms with Crippen LogP contribution >= 0.6 is 22.6 Å². The smallest absolute Gasteiger partial charge is 0.254 e. The number of amides is 1. The van der Waals surface area contributed by atoms with E-state index in [-0.39, 0.29) is 5.91 Å². The molecule has 3 heteroatoms. The van der Waals surface area contributed by atoms with Crippen molar-refractivity contribution in [2.45, 2.75) is 13.8 Å². The molecular formula is C12H14INO. The average Bonchev–Trinajstić information content (AvgIpc) is 2.12. The quantitative estimate of drug-likeness (QED) is 0.730. The van der Waals surface area contributed by atoms with E-state index in [4.69, 9.17) is 0 Å². The molecule has 2 nitrogen and oxygen atoms in total. The number of likely N-dealkylation sites (tertiary alicyclic amines) is 1. The maximum atomic E-state index is 12.0. The molecule has 1 aliphatic heterocycles. The Balaban J connectivity index is 2.19. The van der Waals surface area contributed by atoms with Crippen molar-refractivity contribution in [3.05, 3.63) is 32.9 Å². The Morgan fingerprint density at radius 3 is 2.67 bits per heavy atom. The normalized spacial score (nSPS) is 16.3. The van der Waals surface area contributed by atoms with Crippen LogP contribution in [0.1, 0.15) is 22.8 Å². The van der Waals surface area contributed by atoms with E-state index >= 15 is 0 Å². The first-order valence-corrected chi connectivity index (χ1v) is 6.21. The fraction of sp³-hybridized carbons (Fsp3) is 0.417. The van der Waals surface area contributed by atoms with Gasteiger partial charge in [0, 0.05) is 22.2 Å². The molecule has 0 bridgehead atoms. The summed E-state index contributed by atoms with van der Waals surface area (Å²) in [5.74, 6) is 0.847. The first-order valence-electron chi connectivity index (χ1n) is 5.13. The number of hydrogen-bond acceptors (Lipinski definition) is 1. The standard InChI is InChI=1S/C12H14INO/c1-8-6-14(7-8)12(15)11-4-3-10(13)5-9(11)2/h3-5,8H,6-7H2,1-2H3. The first kappa shape index (κ1) is 10.9.